The normalized spacial score (nSPS) is 9.53. The highest BCUT2D eigenvalue weighted by molar-refractivity contribution is 4.93. The molecule has 0 aromatic carbocycles. The van der Waals surface area contributed by atoms with Crippen molar-refractivity contribution in [1.29, 1.82) is 0 Å². The highest BCUT2D eigenvalue weighted by Gasteiger charge is 1.93. The number of hydrogen-bond acceptors (Lipinski definition) is 11. The zero-order valence-corrected chi connectivity index (χ0v) is 26.2. The standard InChI is InChI=1S/C15H35N5.C4H13N3.C4H12N2.C2H7N.C2H6/c1-3-4-15(2)5-7-17-9-11-19-13-14-20-12-10-18-8-6-16;5-1-3-7-4-2-6;1-2-6-4-3-5;1-2-3;1-2/h17-20H,2-14,16H2,1H3;7H,1-6H2;6H,2-5H2,1H3;2-3H2,1H3;1-2H3. The molecule has 38 heavy (non-hydrogen) atoms. The van der Waals surface area contributed by atoms with Crippen LogP contribution in [-0.4, -0.2) is 111 Å². The fraction of sp³-hybridized carbons (Fsp3) is 0.926. The second-order valence-electron chi connectivity index (χ2n) is 7.92. The molecule has 0 aliphatic rings. The quantitative estimate of drug-likeness (QED) is 0.0554. The van der Waals surface area contributed by atoms with Crippen LogP contribution in [0.15, 0.2) is 12.2 Å². The molecule has 11 nitrogen and oxygen atoms in total. The van der Waals surface area contributed by atoms with Crippen LogP contribution in [0.5, 0.6) is 0 Å². The lowest BCUT2D eigenvalue weighted by molar-refractivity contribution is 0.566. The van der Waals surface area contributed by atoms with Crippen molar-refractivity contribution in [3.63, 3.8) is 0 Å². The van der Waals surface area contributed by atoms with Gasteiger partial charge in [-0.1, -0.05) is 53.2 Å². The van der Waals surface area contributed by atoms with E-state index in [2.05, 4.69) is 52.3 Å². The van der Waals surface area contributed by atoms with Crippen molar-refractivity contribution in [3.05, 3.63) is 12.2 Å². The van der Waals surface area contributed by atoms with E-state index in [0.717, 1.165) is 104 Å². The minimum absolute atomic E-state index is 0.694. The van der Waals surface area contributed by atoms with E-state index < -0.39 is 0 Å². The molecule has 0 unspecified atom stereocenters. The van der Waals surface area contributed by atoms with E-state index in [9.17, 15) is 0 Å². The lowest BCUT2D eigenvalue weighted by atomic mass is 10.1. The Morgan fingerprint density at radius 3 is 1.05 bits per heavy atom. The van der Waals surface area contributed by atoms with Crippen molar-refractivity contribution >= 4 is 0 Å². The van der Waals surface area contributed by atoms with Crippen LogP contribution >= 0.6 is 0 Å². The van der Waals surface area contributed by atoms with Crippen molar-refractivity contribution in [1.82, 2.24) is 31.9 Å². The molecule has 0 aromatic heterocycles. The molecule has 0 aliphatic heterocycles. The fourth-order valence-corrected chi connectivity index (χ4v) is 2.48. The molecule has 236 valence electrons. The zero-order valence-electron chi connectivity index (χ0n) is 26.2. The van der Waals surface area contributed by atoms with Crippen LogP contribution in [0.3, 0.4) is 0 Å². The average Bonchev–Trinajstić information content (AvgIpc) is 2.93. The molecule has 0 rings (SSSR count). The summed E-state index contributed by atoms with van der Waals surface area (Å²) in [4.78, 5) is 0. The molecular formula is C27H73N11. The smallest absolute Gasteiger partial charge is 0.00772 e. The first-order chi connectivity index (χ1) is 18.6. The van der Waals surface area contributed by atoms with Gasteiger partial charge in [-0.25, -0.2) is 0 Å². The number of nitrogens with one attached hydrogen (secondary N) is 6. The Bertz CT molecular complexity index is 341. The molecule has 0 saturated carbocycles. The molecule has 16 N–H and O–H groups in total. The monoisotopic (exact) mass is 552 g/mol. The second kappa shape index (κ2) is 56.5. The maximum absolute atomic E-state index is 5.39. The van der Waals surface area contributed by atoms with Crippen molar-refractivity contribution in [2.24, 2.45) is 28.7 Å². The maximum atomic E-state index is 5.39. The fourth-order valence-electron chi connectivity index (χ4n) is 2.48. The molecular weight excluding hydrogens is 478 g/mol. The highest BCUT2D eigenvalue weighted by Crippen LogP contribution is 2.04. The van der Waals surface area contributed by atoms with Crippen LogP contribution in [-0.2, 0) is 0 Å². The largest absolute Gasteiger partial charge is 0.331 e. The highest BCUT2D eigenvalue weighted by atomic mass is 15.0. The van der Waals surface area contributed by atoms with Gasteiger partial charge in [-0.05, 0) is 32.5 Å². The van der Waals surface area contributed by atoms with Crippen molar-refractivity contribution in [3.8, 4) is 0 Å². The summed E-state index contributed by atoms with van der Waals surface area (Å²) >= 11 is 0. The van der Waals surface area contributed by atoms with Gasteiger partial charge in [0.25, 0.3) is 0 Å². The Labute approximate surface area is 238 Å². The summed E-state index contributed by atoms with van der Waals surface area (Å²) in [6.07, 6.45) is 3.46. The van der Waals surface area contributed by atoms with Crippen LogP contribution in [0.25, 0.3) is 0 Å². The van der Waals surface area contributed by atoms with E-state index in [0.29, 0.717) is 19.6 Å². The molecule has 0 atom stereocenters. The minimum atomic E-state index is 0.694. The molecule has 0 aliphatic carbocycles. The Hall–Kier alpha value is -0.700. The molecule has 0 heterocycles. The van der Waals surface area contributed by atoms with Crippen molar-refractivity contribution in [2.45, 2.75) is 53.9 Å². The third-order valence-electron chi connectivity index (χ3n) is 4.23. The van der Waals surface area contributed by atoms with Gasteiger partial charge in [0.15, 0.2) is 0 Å². The Balaban J connectivity index is -0.000000164. The molecule has 0 radical (unpaired) electrons. The summed E-state index contributed by atoms with van der Waals surface area (Å²) in [5.74, 6) is 0. The Morgan fingerprint density at radius 1 is 0.474 bits per heavy atom. The van der Waals surface area contributed by atoms with Crippen LogP contribution < -0.4 is 60.6 Å². The van der Waals surface area contributed by atoms with E-state index in [1.165, 1.54) is 12.0 Å². The minimum Gasteiger partial charge on any atom is -0.331 e. The lowest BCUT2D eigenvalue weighted by Gasteiger charge is -2.09. The zero-order chi connectivity index (χ0) is 30.0. The molecule has 0 spiro atoms. The number of nitrogens with two attached hydrogens (primary N) is 5. The van der Waals surface area contributed by atoms with E-state index in [1.54, 1.807) is 0 Å². The van der Waals surface area contributed by atoms with Crippen LogP contribution in [0.2, 0.25) is 0 Å². The second-order valence-corrected chi connectivity index (χ2v) is 7.92. The van der Waals surface area contributed by atoms with Gasteiger partial charge in [-0.2, -0.15) is 0 Å². The average molecular weight is 552 g/mol. The maximum Gasteiger partial charge on any atom is 0.00772 e. The van der Waals surface area contributed by atoms with Crippen LogP contribution in [0.1, 0.15) is 53.9 Å². The third-order valence-corrected chi connectivity index (χ3v) is 4.23. The van der Waals surface area contributed by atoms with Gasteiger partial charge in [0.2, 0.25) is 0 Å². The van der Waals surface area contributed by atoms with Gasteiger partial charge in [0.1, 0.15) is 0 Å². The number of hydrogen-bond donors (Lipinski definition) is 11. The summed E-state index contributed by atoms with van der Waals surface area (Å²) in [7, 11) is 0. The molecule has 0 amide bonds. The van der Waals surface area contributed by atoms with E-state index >= 15 is 0 Å². The predicted molar refractivity (Wildman–Crippen MR) is 174 cm³/mol. The van der Waals surface area contributed by atoms with Crippen LogP contribution in [0, 0.1) is 0 Å². The van der Waals surface area contributed by atoms with Gasteiger partial charge >= 0.3 is 0 Å². The van der Waals surface area contributed by atoms with Gasteiger partial charge < -0.3 is 60.6 Å². The van der Waals surface area contributed by atoms with E-state index in [1.807, 2.05) is 20.8 Å². The molecule has 0 bridgehead atoms. The van der Waals surface area contributed by atoms with Gasteiger partial charge in [0.05, 0.1) is 0 Å². The molecule has 0 aromatic rings. The SMILES string of the molecule is C=C(CCC)CCNCCNCCNCCNCCN.CC.CCN.CCNCCN.NCCNCCN. The first kappa shape index (κ1) is 47.1. The summed E-state index contributed by atoms with van der Waals surface area (Å²) in [6.45, 7) is 29.5. The molecule has 0 fully saturated rings. The third kappa shape index (κ3) is 70.3. The van der Waals surface area contributed by atoms with E-state index in [4.69, 9.17) is 28.7 Å². The molecule has 0 saturated heterocycles. The molecule has 11 heteroatoms. The first-order valence-electron chi connectivity index (χ1n) is 15.0. The van der Waals surface area contributed by atoms with Crippen LogP contribution in [0.4, 0.5) is 0 Å². The Morgan fingerprint density at radius 2 is 0.763 bits per heavy atom. The summed E-state index contributed by atoms with van der Waals surface area (Å²) in [6, 6.07) is 0. The number of rotatable bonds is 23. The Kier molecular flexibility index (Phi) is 70.0. The predicted octanol–water partition coefficient (Wildman–Crippen LogP) is -0.911. The lowest BCUT2D eigenvalue weighted by Crippen LogP contribution is -2.36. The van der Waals surface area contributed by atoms with Crippen molar-refractivity contribution < 1.29 is 0 Å². The summed E-state index contributed by atoms with van der Waals surface area (Å²) < 4.78 is 0. The topological polar surface area (TPSA) is 202 Å². The first-order valence-corrected chi connectivity index (χ1v) is 15.0. The van der Waals surface area contributed by atoms with Gasteiger partial charge in [0, 0.05) is 91.6 Å². The summed E-state index contributed by atoms with van der Waals surface area (Å²) in [5, 5.41) is 19.6. The van der Waals surface area contributed by atoms with E-state index in [-0.39, 0.29) is 0 Å². The number of likely N-dealkylation sites (N-methyl/N-ethyl adjacent to an activating group) is 1. The van der Waals surface area contributed by atoms with Gasteiger partial charge in [-0.15, -0.1) is 0 Å². The summed E-state index contributed by atoms with van der Waals surface area (Å²) in [5.41, 5.74) is 27.1. The van der Waals surface area contributed by atoms with Gasteiger partial charge in [-0.3, -0.25) is 0 Å². The van der Waals surface area contributed by atoms with Crippen molar-refractivity contribution in [2.75, 3.05) is 111 Å².